The molecule has 1 heterocycles. The smallest absolute Gasteiger partial charge is 0.293 e. The first-order chi connectivity index (χ1) is 10.5. The molecule has 1 saturated carbocycles. The van der Waals surface area contributed by atoms with E-state index in [2.05, 4.69) is 23.2 Å². The molecule has 1 aliphatic carbocycles. The van der Waals surface area contributed by atoms with Gasteiger partial charge in [0.05, 0.1) is 12.3 Å². The summed E-state index contributed by atoms with van der Waals surface area (Å²) in [6.45, 7) is 15.9. The summed E-state index contributed by atoms with van der Waals surface area (Å²) in [6.07, 6.45) is 4.58. The van der Waals surface area contributed by atoms with Crippen molar-refractivity contribution in [2.75, 3.05) is 6.61 Å². The number of aromatic nitrogens is 1. The minimum Gasteiger partial charge on any atom is -0.468 e. The fraction of sp³-hybridized carbons (Fsp3) is 0.556. The highest BCUT2D eigenvalue weighted by Crippen LogP contribution is 2.46. The zero-order chi connectivity index (χ0) is 17.5. The zero-order valence-electron chi connectivity index (χ0n) is 14.7. The normalized spacial score (nSPS) is 17.2. The molecular weight excluding hydrogens is 281 g/mol. The second-order valence-electron chi connectivity index (χ2n) is 4.66. The summed E-state index contributed by atoms with van der Waals surface area (Å²) < 4.78 is 17.4. The molecule has 0 radical (unpaired) electrons. The Kier molecular flexibility index (Phi) is 14.6. The van der Waals surface area contributed by atoms with Gasteiger partial charge in [0, 0.05) is 12.1 Å². The number of rotatable bonds is 3. The van der Waals surface area contributed by atoms with Gasteiger partial charge in [-0.15, -0.1) is 6.58 Å². The molecule has 2 atom stereocenters. The Balaban J connectivity index is 0. The van der Waals surface area contributed by atoms with Crippen LogP contribution in [0.25, 0.3) is 0 Å². The van der Waals surface area contributed by atoms with Gasteiger partial charge in [0.15, 0.2) is 0 Å². The number of pyridine rings is 1. The Bertz CT molecular complexity index is 422. The molecule has 0 aliphatic heterocycles. The lowest BCUT2D eigenvalue weighted by atomic mass is 10.2. The second-order valence-corrected chi connectivity index (χ2v) is 4.66. The van der Waals surface area contributed by atoms with Gasteiger partial charge in [-0.25, -0.2) is 4.39 Å². The first-order valence-electron chi connectivity index (χ1n) is 7.76. The molecule has 0 bridgehead atoms. The fourth-order valence-corrected chi connectivity index (χ4v) is 1.59. The van der Waals surface area contributed by atoms with Crippen molar-refractivity contribution in [3.05, 3.63) is 42.0 Å². The molecule has 22 heavy (non-hydrogen) atoms. The second kappa shape index (κ2) is 14.2. The number of hydrogen-bond acceptors (Lipinski definition) is 3. The molecule has 0 aromatic carbocycles. The number of allylic oxidation sites excluding steroid dienone is 1. The van der Waals surface area contributed by atoms with Crippen molar-refractivity contribution >= 4 is 6.47 Å². The van der Waals surface area contributed by atoms with Crippen LogP contribution in [-0.2, 0) is 9.53 Å². The van der Waals surface area contributed by atoms with E-state index in [4.69, 9.17) is 0 Å². The molecule has 126 valence electrons. The van der Waals surface area contributed by atoms with E-state index in [-0.39, 0.29) is 5.82 Å². The molecule has 1 aliphatic rings. The lowest BCUT2D eigenvalue weighted by Crippen LogP contribution is -1.93. The van der Waals surface area contributed by atoms with Gasteiger partial charge in [-0.2, -0.15) is 0 Å². The zero-order valence-corrected chi connectivity index (χ0v) is 14.7. The highest BCUT2D eigenvalue weighted by Gasteiger charge is 2.37. The highest BCUT2D eigenvalue weighted by atomic mass is 19.1. The lowest BCUT2D eigenvalue weighted by molar-refractivity contribution is -0.128. The number of ether oxygens (including phenoxy) is 1. The standard InChI is InChI=1S/C10H12FN.C3H6O2.C3H6.C2H6/c1-6-3-9(11)10(12-5-6)8-4-7(8)2;1-2-5-3-4;1-3-2;1-2/h3,5,7-8H,4H2,1-2H3;3H,2H2,1H3;3H,1H2,2H3;1-2H3. The Hall–Kier alpha value is -1.71. The molecule has 1 aromatic rings. The van der Waals surface area contributed by atoms with Gasteiger partial charge in [0.1, 0.15) is 5.82 Å². The quantitative estimate of drug-likeness (QED) is 0.579. The monoisotopic (exact) mass is 311 g/mol. The number of hydrogen-bond donors (Lipinski definition) is 0. The van der Waals surface area contributed by atoms with Crippen molar-refractivity contribution in [2.45, 2.75) is 53.9 Å². The lowest BCUT2D eigenvalue weighted by Gasteiger charge is -2.00. The maximum atomic E-state index is 13.3. The predicted molar refractivity (Wildman–Crippen MR) is 90.4 cm³/mol. The van der Waals surface area contributed by atoms with Gasteiger partial charge in [-0.1, -0.05) is 26.8 Å². The van der Waals surface area contributed by atoms with Crippen molar-refractivity contribution in [3.8, 4) is 0 Å². The Morgan fingerprint density at radius 2 is 2.00 bits per heavy atom. The molecular formula is C18H30FNO2. The maximum absolute atomic E-state index is 13.3. The first-order valence-corrected chi connectivity index (χ1v) is 7.76. The van der Waals surface area contributed by atoms with Gasteiger partial charge >= 0.3 is 0 Å². The average molecular weight is 311 g/mol. The van der Waals surface area contributed by atoms with Crippen LogP contribution in [0.15, 0.2) is 24.9 Å². The maximum Gasteiger partial charge on any atom is 0.293 e. The molecule has 0 N–H and O–H groups in total. The number of halogens is 1. The van der Waals surface area contributed by atoms with Gasteiger partial charge in [-0.05, 0) is 44.7 Å². The van der Waals surface area contributed by atoms with Crippen LogP contribution in [0.4, 0.5) is 4.39 Å². The summed E-state index contributed by atoms with van der Waals surface area (Å²) in [5, 5.41) is 0. The topological polar surface area (TPSA) is 39.2 Å². The molecule has 2 unspecified atom stereocenters. The van der Waals surface area contributed by atoms with Crippen molar-refractivity contribution in [2.24, 2.45) is 5.92 Å². The summed E-state index contributed by atoms with van der Waals surface area (Å²) >= 11 is 0. The minimum absolute atomic E-state index is 0.135. The van der Waals surface area contributed by atoms with E-state index in [1.807, 2.05) is 27.7 Å². The molecule has 0 amide bonds. The summed E-state index contributed by atoms with van der Waals surface area (Å²) in [5.41, 5.74) is 1.55. The molecule has 2 rings (SSSR count). The van der Waals surface area contributed by atoms with Crippen molar-refractivity contribution in [1.29, 1.82) is 0 Å². The molecule has 0 spiro atoms. The Morgan fingerprint density at radius 1 is 1.50 bits per heavy atom. The Labute approximate surface area is 134 Å². The van der Waals surface area contributed by atoms with Crippen molar-refractivity contribution < 1.29 is 13.9 Å². The van der Waals surface area contributed by atoms with Crippen LogP contribution < -0.4 is 0 Å². The Morgan fingerprint density at radius 3 is 2.27 bits per heavy atom. The number of carbonyl (C=O) groups excluding carboxylic acids is 1. The molecule has 4 heteroatoms. The first kappa shape index (κ1) is 22.6. The summed E-state index contributed by atoms with van der Waals surface area (Å²) in [4.78, 5) is 13.3. The summed E-state index contributed by atoms with van der Waals surface area (Å²) in [5.74, 6) is 0.865. The number of carbonyl (C=O) groups is 1. The van der Waals surface area contributed by atoms with Crippen LogP contribution in [0, 0.1) is 18.7 Å². The van der Waals surface area contributed by atoms with Crippen LogP contribution in [0.1, 0.15) is 58.2 Å². The SMILES string of the molecule is C=CC.CC.CCOC=O.Cc1cnc(C2CC2C)c(F)c1. The minimum atomic E-state index is -0.135. The third-order valence-electron chi connectivity index (χ3n) is 2.70. The van der Waals surface area contributed by atoms with Crippen LogP contribution in [-0.4, -0.2) is 18.1 Å². The van der Waals surface area contributed by atoms with Crippen LogP contribution in [0.2, 0.25) is 0 Å². The van der Waals surface area contributed by atoms with Crippen LogP contribution >= 0.6 is 0 Å². The van der Waals surface area contributed by atoms with Gasteiger partial charge in [0.25, 0.3) is 6.47 Å². The van der Waals surface area contributed by atoms with E-state index in [1.165, 1.54) is 0 Å². The molecule has 1 aromatic heterocycles. The third-order valence-corrected chi connectivity index (χ3v) is 2.70. The summed E-state index contributed by atoms with van der Waals surface area (Å²) in [6, 6.07) is 1.56. The average Bonchev–Trinajstić information content (AvgIpc) is 3.20. The van der Waals surface area contributed by atoms with E-state index in [1.54, 1.807) is 25.3 Å². The molecule has 1 fully saturated rings. The predicted octanol–water partition coefficient (Wildman–Crippen LogP) is 5.05. The summed E-state index contributed by atoms with van der Waals surface area (Å²) in [7, 11) is 0. The van der Waals surface area contributed by atoms with Crippen LogP contribution in [0.5, 0.6) is 0 Å². The van der Waals surface area contributed by atoms with Crippen molar-refractivity contribution in [1.82, 2.24) is 4.98 Å². The van der Waals surface area contributed by atoms with Crippen molar-refractivity contribution in [3.63, 3.8) is 0 Å². The van der Waals surface area contributed by atoms with E-state index >= 15 is 0 Å². The van der Waals surface area contributed by atoms with E-state index in [0.29, 0.717) is 30.6 Å². The number of nitrogens with zero attached hydrogens (tertiary/aromatic N) is 1. The third kappa shape index (κ3) is 10.1. The highest BCUT2D eigenvalue weighted by molar-refractivity contribution is 5.36. The van der Waals surface area contributed by atoms with Gasteiger partial charge in [-0.3, -0.25) is 9.78 Å². The molecule has 3 nitrogen and oxygen atoms in total. The largest absolute Gasteiger partial charge is 0.468 e. The van der Waals surface area contributed by atoms with E-state index < -0.39 is 0 Å². The van der Waals surface area contributed by atoms with Gasteiger partial charge < -0.3 is 4.74 Å². The van der Waals surface area contributed by atoms with E-state index in [9.17, 15) is 9.18 Å². The molecule has 0 saturated heterocycles. The number of aryl methyl sites for hydroxylation is 1. The fourth-order valence-electron chi connectivity index (χ4n) is 1.59. The van der Waals surface area contributed by atoms with Gasteiger partial charge in [0.2, 0.25) is 0 Å². The van der Waals surface area contributed by atoms with E-state index in [0.717, 1.165) is 12.0 Å². The van der Waals surface area contributed by atoms with Crippen LogP contribution in [0.3, 0.4) is 0 Å².